The molecule has 0 aromatic heterocycles. The molecule has 7 heteroatoms. The molecular formula is C19H30FIN4O. The van der Waals surface area contributed by atoms with Crippen LogP contribution in [-0.2, 0) is 0 Å². The maximum Gasteiger partial charge on any atom is 0.191 e. The van der Waals surface area contributed by atoms with E-state index in [1.54, 1.807) is 19.2 Å². The van der Waals surface area contributed by atoms with Crippen LogP contribution in [0.25, 0.3) is 0 Å². The molecule has 0 spiro atoms. The predicted octanol–water partition coefficient (Wildman–Crippen LogP) is 3.00. The molecule has 1 atom stereocenters. The van der Waals surface area contributed by atoms with Gasteiger partial charge in [-0.15, -0.1) is 24.0 Å². The third-order valence-electron chi connectivity index (χ3n) is 4.85. The molecule has 0 radical (unpaired) electrons. The van der Waals surface area contributed by atoms with E-state index in [1.165, 1.54) is 38.1 Å². The lowest BCUT2D eigenvalue weighted by atomic mass is 10.1. The van der Waals surface area contributed by atoms with Gasteiger partial charge in [-0.05, 0) is 44.7 Å². The van der Waals surface area contributed by atoms with Gasteiger partial charge in [0.05, 0.1) is 6.54 Å². The number of guanidine groups is 1. The summed E-state index contributed by atoms with van der Waals surface area (Å²) in [5.41, 5.74) is 0. The van der Waals surface area contributed by atoms with E-state index in [9.17, 15) is 4.39 Å². The Balaban J connectivity index is 0.00000243. The molecule has 5 nitrogen and oxygen atoms in total. The lowest BCUT2D eigenvalue weighted by molar-refractivity contribution is 0.196. The molecule has 146 valence electrons. The van der Waals surface area contributed by atoms with Crippen LogP contribution >= 0.6 is 24.0 Å². The van der Waals surface area contributed by atoms with E-state index < -0.39 is 0 Å². The summed E-state index contributed by atoms with van der Waals surface area (Å²) >= 11 is 0. The smallest absolute Gasteiger partial charge is 0.191 e. The van der Waals surface area contributed by atoms with Crippen molar-refractivity contribution in [2.75, 3.05) is 26.7 Å². The number of nitrogens with zero attached hydrogens (tertiary/aromatic N) is 2. The molecule has 2 aliphatic rings. The van der Waals surface area contributed by atoms with Gasteiger partial charge in [0, 0.05) is 38.3 Å². The highest BCUT2D eigenvalue weighted by atomic mass is 127. The highest BCUT2D eigenvalue weighted by Gasteiger charge is 2.31. The Morgan fingerprint density at radius 1 is 1.31 bits per heavy atom. The first-order valence-electron chi connectivity index (χ1n) is 9.27. The molecule has 1 unspecified atom stereocenters. The number of benzene rings is 1. The van der Waals surface area contributed by atoms with Crippen molar-refractivity contribution >= 4 is 29.9 Å². The van der Waals surface area contributed by atoms with Gasteiger partial charge in [0.25, 0.3) is 0 Å². The van der Waals surface area contributed by atoms with Crippen LogP contribution in [0.4, 0.5) is 4.39 Å². The molecule has 2 N–H and O–H groups in total. The number of piperidine rings is 1. The number of nitrogens with one attached hydrogen (secondary N) is 2. The lowest BCUT2D eigenvalue weighted by Crippen LogP contribution is -2.50. The predicted molar refractivity (Wildman–Crippen MR) is 114 cm³/mol. The maximum absolute atomic E-state index is 13.2. The molecule has 1 saturated carbocycles. The number of likely N-dealkylation sites (tertiary alicyclic amines) is 1. The zero-order chi connectivity index (χ0) is 17.6. The maximum atomic E-state index is 13.2. The van der Waals surface area contributed by atoms with Crippen LogP contribution in [0.15, 0.2) is 29.3 Å². The van der Waals surface area contributed by atoms with Crippen LogP contribution in [0, 0.1) is 5.82 Å². The van der Waals surface area contributed by atoms with Crippen molar-refractivity contribution in [3.63, 3.8) is 0 Å². The van der Waals surface area contributed by atoms with Crippen molar-refractivity contribution < 1.29 is 9.13 Å². The molecular weight excluding hydrogens is 446 g/mol. The summed E-state index contributed by atoms with van der Waals surface area (Å²) < 4.78 is 18.9. The first-order valence-corrected chi connectivity index (χ1v) is 9.27. The minimum Gasteiger partial charge on any atom is -0.489 e. The molecule has 1 heterocycles. The zero-order valence-electron chi connectivity index (χ0n) is 15.6. The van der Waals surface area contributed by atoms with Crippen molar-refractivity contribution in [1.82, 2.24) is 15.5 Å². The van der Waals surface area contributed by atoms with Gasteiger partial charge in [0.15, 0.2) is 5.96 Å². The van der Waals surface area contributed by atoms with E-state index in [-0.39, 0.29) is 35.9 Å². The van der Waals surface area contributed by atoms with Crippen molar-refractivity contribution in [1.29, 1.82) is 0 Å². The first kappa shape index (κ1) is 21.2. The summed E-state index contributed by atoms with van der Waals surface area (Å²) in [6.45, 7) is 4.92. The summed E-state index contributed by atoms with van der Waals surface area (Å²) in [6.07, 6.45) is 4.99. The fraction of sp³-hybridized carbons (Fsp3) is 0.632. The van der Waals surface area contributed by atoms with E-state index in [4.69, 9.17) is 4.74 Å². The van der Waals surface area contributed by atoms with Crippen LogP contribution in [0.3, 0.4) is 0 Å². The van der Waals surface area contributed by atoms with E-state index in [1.807, 2.05) is 6.92 Å². The van der Waals surface area contributed by atoms with Crippen molar-refractivity contribution in [2.45, 2.75) is 50.8 Å². The normalized spacial score (nSPS) is 20.2. The van der Waals surface area contributed by atoms with Crippen LogP contribution < -0.4 is 15.4 Å². The Morgan fingerprint density at radius 3 is 2.65 bits per heavy atom. The zero-order valence-corrected chi connectivity index (χ0v) is 17.9. The van der Waals surface area contributed by atoms with Crippen LogP contribution in [0.5, 0.6) is 5.75 Å². The van der Waals surface area contributed by atoms with Gasteiger partial charge in [0.2, 0.25) is 0 Å². The first-order chi connectivity index (χ1) is 12.1. The van der Waals surface area contributed by atoms with Gasteiger partial charge >= 0.3 is 0 Å². The average Bonchev–Trinajstić information content (AvgIpc) is 3.44. The topological polar surface area (TPSA) is 48.9 Å². The highest BCUT2D eigenvalue weighted by molar-refractivity contribution is 14.0. The second-order valence-electron chi connectivity index (χ2n) is 7.02. The molecule has 1 aromatic carbocycles. The third-order valence-corrected chi connectivity index (χ3v) is 4.85. The summed E-state index contributed by atoms with van der Waals surface area (Å²) in [7, 11) is 1.78. The number of hydrogen-bond acceptors (Lipinski definition) is 3. The van der Waals surface area contributed by atoms with E-state index in [0.29, 0.717) is 18.3 Å². The fourth-order valence-corrected chi connectivity index (χ4v) is 3.29. The average molecular weight is 476 g/mol. The quantitative estimate of drug-likeness (QED) is 0.377. The van der Waals surface area contributed by atoms with Gasteiger partial charge in [-0.1, -0.05) is 6.07 Å². The fourth-order valence-electron chi connectivity index (χ4n) is 3.29. The molecule has 2 fully saturated rings. The summed E-state index contributed by atoms with van der Waals surface area (Å²) in [4.78, 5) is 6.92. The minimum atomic E-state index is -0.285. The number of aliphatic imine (C=N–C) groups is 1. The van der Waals surface area contributed by atoms with Crippen LogP contribution in [0.1, 0.15) is 32.6 Å². The van der Waals surface area contributed by atoms with E-state index >= 15 is 0 Å². The summed E-state index contributed by atoms with van der Waals surface area (Å²) in [5, 5.41) is 6.81. The van der Waals surface area contributed by atoms with Crippen molar-refractivity contribution in [2.24, 2.45) is 4.99 Å². The van der Waals surface area contributed by atoms with Gasteiger partial charge < -0.3 is 20.3 Å². The van der Waals surface area contributed by atoms with E-state index in [2.05, 4.69) is 20.5 Å². The number of ether oxygens (including phenoxy) is 1. The molecule has 1 aliphatic carbocycles. The van der Waals surface area contributed by atoms with Gasteiger partial charge in [-0.2, -0.15) is 0 Å². The second-order valence-corrected chi connectivity index (χ2v) is 7.02. The van der Waals surface area contributed by atoms with Gasteiger partial charge in [-0.25, -0.2) is 4.39 Å². The molecule has 1 aliphatic heterocycles. The van der Waals surface area contributed by atoms with E-state index in [0.717, 1.165) is 24.8 Å². The summed E-state index contributed by atoms with van der Waals surface area (Å²) in [6, 6.07) is 7.56. The summed E-state index contributed by atoms with van der Waals surface area (Å²) in [5.74, 6) is 1.07. The molecule has 0 amide bonds. The van der Waals surface area contributed by atoms with Crippen LogP contribution in [-0.4, -0.2) is 55.7 Å². The van der Waals surface area contributed by atoms with Crippen molar-refractivity contribution in [3.8, 4) is 5.75 Å². The Hall–Kier alpha value is -1.09. The molecule has 3 rings (SSSR count). The number of hydrogen-bond donors (Lipinski definition) is 2. The number of halogens is 2. The Bertz CT molecular complexity index is 589. The lowest BCUT2D eigenvalue weighted by Gasteiger charge is -2.33. The van der Waals surface area contributed by atoms with Gasteiger partial charge in [0.1, 0.15) is 17.7 Å². The number of rotatable bonds is 6. The largest absolute Gasteiger partial charge is 0.489 e. The highest BCUT2D eigenvalue weighted by Crippen LogP contribution is 2.29. The molecule has 1 aromatic rings. The Labute approximate surface area is 172 Å². The SMILES string of the molecule is CN=C(NCC(C)Oc1cccc(F)c1)NC1CCN(C2CC2)CC1.I. The third kappa shape index (κ3) is 6.57. The molecule has 1 saturated heterocycles. The Morgan fingerprint density at radius 2 is 2.04 bits per heavy atom. The monoisotopic (exact) mass is 476 g/mol. The van der Waals surface area contributed by atoms with Gasteiger partial charge in [-0.3, -0.25) is 4.99 Å². The molecule has 26 heavy (non-hydrogen) atoms. The van der Waals surface area contributed by atoms with Crippen LogP contribution in [0.2, 0.25) is 0 Å². The Kier molecular flexibility index (Phi) is 8.40. The minimum absolute atomic E-state index is 0. The van der Waals surface area contributed by atoms with Crippen molar-refractivity contribution in [3.05, 3.63) is 30.1 Å². The standard InChI is InChI=1S/C19H29FN4O.HI/c1-14(25-18-5-3-4-15(20)12-18)13-22-19(21-2)23-16-8-10-24(11-9-16)17-6-7-17;/h3-5,12,14,16-17H,6-11,13H2,1-2H3,(H2,21,22,23);1H. The molecule has 0 bridgehead atoms. The second kappa shape index (κ2) is 10.3.